The quantitative estimate of drug-likeness (QED) is 0.479. The molecule has 164 valence electrons. The summed E-state index contributed by atoms with van der Waals surface area (Å²) in [6, 6.07) is 5.40. The van der Waals surface area contributed by atoms with E-state index in [-0.39, 0.29) is 17.5 Å². The van der Waals surface area contributed by atoms with Crippen LogP contribution in [0.2, 0.25) is 0 Å². The SMILES string of the molecule is COc1ccc2[nH]c3c(c2c1)CC[NH2+][C@H]3c1c(O)n(C2CCCCCC2)c(=O)[nH]c1=O. The highest BCUT2D eigenvalue weighted by atomic mass is 16.5. The molecule has 8 nitrogen and oxygen atoms in total. The van der Waals surface area contributed by atoms with Crippen molar-refractivity contribution in [2.24, 2.45) is 0 Å². The first-order valence-electron chi connectivity index (χ1n) is 11.2. The van der Waals surface area contributed by atoms with Crippen LogP contribution in [0, 0.1) is 0 Å². The third-order valence-electron chi connectivity index (χ3n) is 6.91. The van der Waals surface area contributed by atoms with E-state index in [9.17, 15) is 14.7 Å². The summed E-state index contributed by atoms with van der Waals surface area (Å²) in [4.78, 5) is 31.5. The van der Waals surface area contributed by atoms with E-state index < -0.39 is 17.3 Å². The van der Waals surface area contributed by atoms with Crippen LogP contribution in [0.5, 0.6) is 11.6 Å². The minimum atomic E-state index is -0.518. The van der Waals surface area contributed by atoms with Crippen LogP contribution in [-0.4, -0.2) is 33.3 Å². The molecule has 0 amide bonds. The Balaban J connectivity index is 1.65. The Morgan fingerprint density at radius 1 is 1.13 bits per heavy atom. The van der Waals surface area contributed by atoms with Gasteiger partial charge in [0.15, 0.2) is 6.04 Å². The summed E-state index contributed by atoms with van der Waals surface area (Å²) in [5.41, 5.74) is 2.23. The second-order valence-electron chi connectivity index (χ2n) is 8.69. The Bertz CT molecular complexity index is 1230. The lowest BCUT2D eigenvalue weighted by atomic mass is 9.95. The first-order valence-corrected chi connectivity index (χ1v) is 11.2. The van der Waals surface area contributed by atoms with Gasteiger partial charge in [0.2, 0.25) is 5.88 Å². The average Bonchev–Trinajstić information content (AvgIpc) is 2.92. The highest BCUT2D eigenvalue weighted by molar-refractivity contribution is 5.86. The van der Waals surface area contributed by atoms with Crippen LogP contribution in [0.3, 0.4) is 0 Å². The van der Waals surface area contributed by atoms with Crippen LogP contribution in [0.25, 0.3) is 10.9 Å². The lowest BCUT2D eigenvalue weighted by molar-refractivity contribution is -0.690. The van der Waals surface area contributed by atoms with Crippen molar-refractivity contribution in [1.29, 1.82) is 0 Å². The maximum Gasteiger partial charge on any atom is 0.331 e. The molecular weight excluding hydrogens is 396 g/mol. The van der Waals surface area contributed by atoms with Crippen molar-refractivity contribution in [3.8, 4) is 11.6 Å². The summed E-state index contributed by atoms with van der Waals surface area (Å²) in [7, 11) is 1.64. The summed E-state index contributed by atoms with van der Waals surface area (Å²) in [5, 5.41) is 14.3. The van der Waals surface area contributed by atoms with Gasteiger partial charge in [0.05, 0.1) is 19.3 Å². The number of quaternary nitrogens is 1. The van der Waals surface area contributed by atoms with Crippen molar-refractivity contribution in [2.75, 3.05) is 13.7 Å². The number of benzene rings is 1. The van der Waals surface area contributed by atoms with Gasteiger partial charge < -0.3 is 20.1 Å². The summed E-state index contributed by atoms with van der Waals surface area (Å²) in [5.74, 6) is 0.592. The number of hydrogen-bond acceptors (Lipinski definition) is 4. The number of rotatable bonds is 3. The molecule has 0 saturated heterocycles. The van der Waals surface area contributed by atoms with Crippen LogP contribution < -0.4 is 21.3 Å². The zero-order valence-electron chi connectivity index (χ0n) is 17.7. The maximum absolute atomic E-state index is 12.9. The van der Waals surface area contributed by atoms with Crippen molar-refractivity contribution >= 4 is 10.9 Å². The second-order valence-corrected chi connectivity index (χ2v) is 8.69. The molecule has 2 aliphatic rings. The van der Waals surface area contributed by atoms with Crippen molar-refractivity contribution < 1.29 is 15.2 Å². The van der Waals surface area contributed by atoms with Gasteiger partial charge in [-0.1, -0.05) is 25.7 Å². The molecule has 2 aromatic heterocycles. The van der Waals surface area contributed by atoms with Crippen molar-refractivity contribution in [2.45, 2.75) is 57.0 Å². The van der Waals surface area contributed by atoms with Crippen LogP contribution in [0.1, 0.15) is 67.4 Å². The fourth-order valence-electron chi connectivity index (χ4n) is 5.37. The van der Waals surface area contributed by atoms with Gasteiger partial charge in [0.1, 0.15) is 11.3 Å². The molecule has 3 aromatic rings. The van der Waals surface area contributed by atoms with E-state index in [0.29, 0.717) is 0 Å². The van der Waals surface area contributed by atoms with Gasteiger partial charge >= 0.3 is 5.69 Å². The molecule has 0 radical (unpaired) electrons. The molecule has 8 heteroatoms. The smallest absolute Gasteiger partial charge is 0.331 e. The van der Waals surface area contributed by atoms with E-state index in [4.69, 9.17) is 4.74 Å². The molecule has 1 atom stereocenters. The largest absolute Gasteiger partial charge is 0.497 e. The molecule has 1 aliphatic heterocycles. The predicted molar refractivity (Wildman–Crippen MR) is 117 cm³/mol. The molecule has 1 saturated carbocycles. The number of ether oxygens (including phenoxy) is 1. The monoisotopic (exact) mass is 425 g/mol. The summed E-state index contributed by atoms with van der Waals surface area (Å²) >= 11 is 0. The zero-order valence-corrected chi connectivity index (χ0v) is 17.7. The van der Waals surface area contributed by atoms with E-state index >= 15 is 0 Å². The fourth-order valence-corrected chi connectivity index (χ4v) is 5.37. The molecular formula is C23H29N4O4+. The van der Waals surface area contributed by atoms with E-state index in [1.54, 1.807) is 7.11 Å². The Morgan fingerprint density at radius 2 is 1.90 bits per heavy atom. The Hall–Kier alpha value is -3.00. The lowest BCUT2D eigenvalue weighted by Crippen LogP contribution is -2.87. The number of nitrogens with two attached hydrogens (primary N) is 1. The number of aromatic amines is 2. The molecule has 31 heavy (non-hydrogen) atoms. The molecule has 0 unspecified atom stereocenters. The maximum atomic E-state index is 12.9. The van der Waals surface area contributed by atoms with E-state index in [1.165, 1.54) is 4.57 Å². The van der Waals surface area contributed by atoms with Crippen molar-refractivity contribution in [3.05, 3.63) is 55.9 Å². The number of aromatic nitrogens is 3. The normalized spacial score (nSPS) is 19.8. The lowest BCUT2D eigenvalue weighted by Gasteiger charge is -2.24. The molecule has 5 rings (SSSR count). The second kappa shape index (κ2) is 7.92. The first-order chi connectivity index (χ1) is 15.1. The fraction of sp³-hybridized carbons (Fsp3) is 0.478. The summed E-state index contributed by atoms with van der Waals surface area (Å²) in [6.07, 6.45) is 6.85. The van der Waals surface area contributed by atoms with Crippen molar-refractivity contribution in [1.82, 2.24) is 14.5 Å². The minimum Gasteiger partial charge on any atom is -0.497 e. The molecule has 1 aliphatic carbocycles. The Labute approximate surface area is 179 Å². The standard InChI is InChI=1S/C23H28N4O4/c1-31-14-8-9-17-16(12-14)15-10-11-24-20(19(15)25-17)18-21(28)26-23(30)27(22(18)29)13-6-4-2-3-5-7-13/h8-9,12-13,20,24-25,29H,2-7,10-11H2,1H3,(H,26,28,30)/p+1/t20-/m0/s1. The van der Waals surface area contributed by atoms with Gasteiger partial charge in [-0.25, -0.2) is 4.79 Å². The molecule has 3 heterocycles. The third-order valence-corrected chi connectivity index (χ3v) is 6.91. The molecule has 0 bridgehead atoms. The number of nitrogens with one attached hydrogen (secondary N) is 2. The van der Waals surface area contributed by atoms with Gasteiger partial charge in [0, 0.05) is 23.4 Å². The Morgan fingerprint density at radius 3 is 2.65 bits per heavy atom. The van der Waals surface area contributed by atoms with E-state index in [1.807, 2.05) is 18.2 Å². The van der Waals surface area contributed by atoms with E-state index in [0.717, 1.165) is 79.4 Å². The number of methoxy groups -OCH3 is 1. The number of fused-ring (bicyclic) bond motifs is 3. The summed E-state index contributed by atoms with van der Waals surface area (Å²) in [6.45, 7) is 0.781. The number of H-pyrrole nitrogens is 2. The summed E-state index contributed by atoms with van der Waals surface area (Å²) < 4.78 is 6.81. The van der Waals surface area contributed by atoms with Gasteiger partial charge in [-0.2, -0.15) is 0 Å². The molecule has 1 fully saturated rings. The number of nitrogens with zero attached hydrogens (tertiary/aromatic N) is 1. The highest BCUT2D eigenvalue weighted by Gasteiger charge is 2.35. The number of hydrogen-bond donors (Lipinski definition) is 4. The van der Waals surface area contributed by atoms with Gasteiger partial charge in [0.25, 0.3) is 5.56 Å². The van der Waals surface area contributed by atoms with E-state index in [2.05, 4.69) is 15.3 Å². The Kier molecular flexibility index (Phi) is 5.09. The van der Waals surface area contributed by atoms with Crippen LogP contribution in [-0.2, 0) is 6.42 Å². The van der Waals surface area contributed by atoms with Crippen LogP contribution in [0.4, 0.5) is 0 Å². The minimum absolute atomic E-state index is 0.0827. The van der Waals surface area contributed by atoms with Gasteiger partial charge in [-0.15, -0.1) is 0 Å². The molecule has 1 aromatic carbocycles. The third kappa shape index (κ3) is 3.35. The number of aromatic hydroxyl groups is 1. The first kappa shape index (κ1) is 19.9. The van der Waals surface area contributed by atoms with Crippen LogP contribution >= 0.6 is 0 Å². The van der Waals surface area contributed by atoms with Gasteiger partial charge in [-0.05, 0) is 36.6 Å². The van der Waals surface area contributed by atoms with Gasteiger partial charge in [-0.3, -0.25) is 14.3 Å². The predicted octanol–water partition coefficient (Wildman–Crippen LogP) is 1.84. The highest BCUT2D eigenvalue weighted by Crippen LogP contribution is 2.35. The van der Waals surface area contributed by atoms with Crippen molar-refractivity contribution in [3.63, 3.8) is 0 Å². The average molecular weight is 426 g/mol. The molecule has 0 spiro atoms. The van der Waals surface area contributed by atoms with Crippen LogP contribution in [0.15, 0.2) is 27.8 Å². The topological polar surface area (TPSA) is 117 Å². The zero-order chi connectivity index (χ0) is 21.5. The molecule has 5 N–H and O–H groups in total.